The molecular formula is C18H16N4OS. The van der Waals surface area contributed by atoms with E-state index in [0.29, 0.717) is 5.16 Å². The Hall–Kier alpha value is -2.86. The zero-order chi connectivity index (χ0) is 16.6. The number of hydrogen-bond donors (Lipinski definition) is 2. The van der Waals surface area contributed by atoms with Gasteiger partial charge in [0.05, 0.1) is 5.75 Å². The van der Waals surface area contributed by atoms with Gasteiger partial charge in [-0.2, -0.15) is 5.10 Å². The van der Waals surface area contributed by atoms with Crippen molar-refractivity contribution in [3.05, 3.63) is 72.1 Å². The van der Waals surface area contributed by atoms with E-state index in [4.69, 9.17) is 0 Å². The standard InChI is InChI=1S/C18H16N4OS/c23-17(12-24-18-19-13-20-22-18)21-16-10-8-15(9-11-16)7-6-14-4-2-1-3-5-14/h1-11,13H,12H2,(H,21,23)(H,19,20,22). The monoisotopic (exact) mass is 336 g/mol. The van der Waals surface area contributed by atoms with Crippen LogP contribution in [0.15, 0.2) is 66.1 Å². The molecule has 0 saturated heterocycles. The molecule has 0 aliphatic heterocycles. The molecule has 2 aromatic carbocycles. The average Bonchev–Trinajstić information content (AvgIpc) is 3.14. The molecule has 0 aliphatic carbocycles. The Balaban J connectivity index is 1.52. The van der Waals surface area contributed by atoms with Crippen molar-refractivity contribution in [2.75, 3.05) is 11.1 Å². The molecule has 1 heterocycles. The fraction of sp³-hybridized carbons (Fsp3) is 0.0556. The normalized spacial score (nSPS) is 10.8. The molecule has 120 valence electrons. The second-order valence-corrected chi connectivity index (χ2v) is 5.96. The van der Waals surface area contributed by atoms with E-state index in [0.717, 1.165) is 16.8 Å². The SMILES string of the molecule is O=C(CSc1ncn[nH]1)Nc1ccc(C=Cc2ccccc2)cc1. The minimum absolute atomic E-state index is 0.0797. The molecule has 3 rings (SSSR count). The van der Waals surface area contributed by atoms with Crippen molar-refractivity contribution in [1.82, 2.24) is 15.2 Å². The van der Waals surface area contributed by atoms with Crippen LogP contribution in [0.25, 0.3) is 12.2 Å². The van der Waals surface area contributed by atoms with E-state index in [-0.39, 0.29) is 11.7 Å². The summed E-state index contributed by atoms with van der Waals surface area (Å²) in [5.41, 5.74) is 3.00. The molecule has 0 spiro atoms. The second-order valence-electron chi connectivity index (χ2n) is 4.99. The fourth-order valence-electron chi connectivity index (χ4n) is 2.03. The van der Waals surface area contributed by atoms with Crippen LogP contribution >= 0.6 is 11.8 Å². The maximum atomic E-state index is 11.9. The van der Waals surface area contributed by atoms with E-state index in [1.165, 1.54) is 18.1 Å². The number of aromatic nitrogens is 3. The van der Waals surface area contributed by atoms with Gasteiger partial charge in [-0.15, -0.1) is 0 Å². The van der Waals surface area contributed by atoms with Crippen molar-refractivity contribution in [1.29, 1.82) is 0 Å². The lowest BCUT2D eigenvalue weighted by molar-refractivity contribution is -0.113. The summed E-state index contributed by atoms with van der Waals surface area (Å²) in [5.74, 6) is 0.203. The van der Waals surface area contributed by atoms with Gasteiger partial charge in [0.1, 0.15) is 6.33 Å². The number of H-pyrrole nitrogens is 1. The van der Waals surface area contributed by atoms with Crippen LogP contribution in [-0.2, 0) is 4.79 Å². The van der Waals surface area contributed by atoms with Crippen molar-refractivity contribution in [3.63, 3.8) is 0 Å². The number of carbonyl (C=O) groups excluding carboxylic acids is 1. The summed E-state index contributed by atoms with van der Waals surface area (Å²) in [6.07, 6.45) is 5.52. The fourth-order valence-corrected chi connectivity index (χ4v) is 2.61. The summed E-state index contributed by atoms with van der Waals surface area (Å²) >= 11 is 1.31. The number of benzene rings is 2. The van der Waals surface area contributed by atoms with Gasteiger partial charge < -0.3 is 5.32 Å². The van der Waals surface area contributed by atoms with Crippen molar-refractivity contribution >= 4 is 35.5 Å². The molecule has 0 aliphatic rings. The molecule has 0 saturated carbocycles. The first-order valence-corrected chi connectivity index (χ1v) is 8.39. The third-order valence-electron chi connectivity index (χ3n) is 3.20. The van der Waals surface area contributed by atoms with Gasteiger partial charge in [0.15, 0.2) is 5.16 Å². The van der Waals surface area contributed by atoms with Crippen LogP contribution in [0.3, 0.4) is 0 Å². The first-order chi connectivity index (χ1) is 11.8. The van der Waals surface area contributed by atoms with Crippen molar-refractivity contribution in [2.45, 2.75) is 5.16 Å². The predicted molar refractivity (Wildman–Crippen MR) is 97.5 cm³/mol. The first kappa shape index (κ1) is 16.0. The molecule has 0 fully saturated rings. The molecule has 0 atom stereocenters. The zero-order valence-corrected chi connectivity index (χ0v) is 13.7. The van der Waals surface area contributed by atoms with E-state index < -0.39 is 0 Å². The molecule has 1 aromatic heterocycles. The van der Waals surface area contributed by atoms with E-state index >= 15 is 0 Å². The molecule has 3 aromatic rings. The smallest absolute Gasteiger partial charge is 0.234 e. The number of thioether (sulfide) groups is 1. The van der Waals surface area contributed by atoms with Crippen LogP contribution in [0.1, 0.15) is 11.1 Å². The van der Waals surface area contributed by atoms with Gasteiger partial charge in [-0.3, -0.25) is 9.89 Å². The number of nitrogens with zero attached hydrogens (tertiary/aromatic N) is 2. The van der Waals surface area contributed by atoms with Crippen molar-refractivity contribution < 1.29 is 4.79 Å². The molecule has 0 bridgehead atoms. The summed E-state index contributed by atoms with van der Waals surface area (Å²) in [4.78, 5) is 15.9. The minimum Gasteiger partial charge on any atom is -0.325 e. The van der Waals surface area contributed by atoms with E-state index in [1.54, 1.807) is 0 Å². The lowest BCUT2D eigenvalue weighted by atomic mass is 10.1. The van der Waals surface area contributed by atoms with E-state index in [1.807, 2.05) is 48.5 Å². The predicted octanol–water partition coefficient (Wildman–Crippen LogP) is 3.71. The number of hydrogen-bond acceptors (Lipinski definition) is 4. The zero-order valence-electron chi connectivity index (χ0n) is 12.8. The van der Waals surface area contributed by atoms with E-state index in [2.05, 4.69) is 38.7 Å². The Bertz CT molecular complexity index is 799. The van der Waals surface area contributed by atoms with Gasteiger partial charge in [-0.05, 0) is 23.3 Å². The minimum atomic E-state index is -0.0797. The van der Waals surface area contributed by atoms with Crippen molar-refractivity contribution in [2.24, 2.45) is 0 Å². The Kier molecular flexibility index (Phi) is 5.42. The summed E-state index contributed by atoms with van der Waals surface area (Å²) < 4.78 is 0. The molecule has 6 heteroatoms. The van der Waals surface area contributed by atoms with Crippen molar-refractivity contribution in [3.8, 4) is 0 Å². The first-order valence-electron chi connectivity index (χ1n) is 7.41. The molecule has 0 unspecified atom stereocenters. The highest BCUT2D eigenvalue weighted by Crippen LogP contribution is 2.15. The van der Waals surface area contributed by atoms with Gasteiger partial charge in [0, 0.05) is 5.69 Å². The Morgan fingerprint density at radius 2 is 1.75 bits per heavy atom. The van der Waals surface area contributed by atoms with Gasteiger partial charge in [-0.1, -0.05) is 66.4 Å². The Labute approximate surface area is 144 Å². The molecule has 1 amide bonds. The third kappa shape index (κ3) is 4.82. The van der Waals surface area contributed by atoms with Gasteiger partial charge in [0.25, 0.3) is 0 Å². The van der Waals surface area contributed by atoms with Crippen LogP contribution in [0, 0.1) is 0 Å². The highest BCUT2D eigenvalue weighted by molar-refractivity contribution is 7.99. The highest BCUT2D eigenvalue weighted by Gasteiger charge is 2.05. The van der Waals surface area contributed by atoms with Crippen LogP contribution in [0.5, 0.6) is 0 Å². The average molecular weight is 336 g/mol. The highest BCUT2D eigenvalue weighted by atomic mass is 32.2. The molecule has 0 radical (unpaired) electrons. The summed E-state index contributed by atoms with van der Waals surface area (Å²) in [6.45, 7) is 0. The van der Waals surface area contributed by atoms with Gasteiger partial charge in [0.2, 0.25) is 5.91 Å². The summed E-state index contributed by atoms with van der Waals surface area (Å²) in [7, 11) is 0. The number of anilines is 1. The number of rotatable bonds is 6. The molecule has 5 nitrogen and oxygen atoms in total. The number of nitrogens with one attached hydrogen (secondary N) is 2. The molecule has 24 heavy (non-hydrogen) atoms. The van der Waals surface area contributed by atoms with Crippen LogP contribution in [-0.4, -0.2) is 26.8 Å². The second kappa shape index (κ2) is 8.12. The topological polar surface area (TPSA) is 70.7 Å². The molecular weight excluding hydrogens is 320 g/mol. The van der Waals surface area contributed by atoms with Crippen LogP contribution in [0.2, 0.25) is 0 Å². The van der Waals surface area contributed by atoms with E-state index in [9.17, 15) is 4.79 Å². The largest absolute Gasteiger partial charge is 0.325 e. The maximum Gasteiger partial charge on any atom is 0.234 e. The quantitative estimate of drug-likeness (QED) is 0.532. The maximum absolute atomic E-state index is 11.9. The summed E-state index contributed by atoms with van der Waals surface area (Å²) in [5, 5.41) is 9.93. The number of amides is 1. The van der Waals surface area contributed by atoms with Crippen LogP contribution < -0.4 is 5.32 Å². The lowest BCUT2D eigenvalue weighted by Crippen LogP contribution is -2.14. The van der Waals surface area contributed by atoms with Gasteiger partial charge >= 0.3 is 0 Å². The van der Waals surface area contributed by atoms with Crippen LogP contribution in [0.4, 0.5) is 5.69 Å². The van der Waals surface area contributed by atoms with Gasteiger partial charge in [-0.25, -0.2) is 4.98 Å². The Morgan fingerprint density at radius 3 is 2.42 bits per heavy atom. The molecule has 2 N–H and O–H groups in total. The summed E-state index contributed by atoms with van der Waals surface area (Å²) in [6, 6.07) is 17.8. The third-order valence-corrected chi connectivity index (χ3v) is 4.07. The lowest BCUT2D eigenvalue weighted by Gasteiger charge is -2.04. The Morgan fingerprint density at radius 1 is 1.04 bits per heavy atom. The number of aromatic amines is 1. The number of carbonyl (C=O) groups is 1.